The Morgan fingerprint density at radius 3 is 2.32 bits per heavy atom. The SMILES string of the molecule is CN1CC2(CCN(CCN3CCC(n4cc5cc(NC(=O)c6cccc(C(F)(F)F)n6)c(C(C)(C)O)cc5n4)CC3)CC2)C1. The monoisotopic (exact) mass is 613 g/mol. The number of anilines is 1. The molecule has 3 aliphatic heterocycles. The average molecular weight is 614 g/mol. The molecule has 3 aromatic rings. The Hall–Kier alpha value is -3.06. The molecule has 44 heavy (non-hydrogen) atoms. The van der Waals surface area contributed by atoms with Crippen molar-refractivity contribution >= 4 is 22.5 Å². The number of pyridine rings is 1. The minimum absolute atomic E-state index is 0.238. The summed E-state index contributed by atoms with van der Waals surface area (Å²) in [6, 6.07) is 6.89. The molecule has 1 aromatic carbocycles. The van der Waals surface area contributed by atoms with E-state index in [1.54, 1.807) is 26.0 Å². The molecule has 2 N–H and O–H groups in total. The maximum Gasteiger partial charge on any atom is 0.433 e. The smallest absolute Gasteiger partial charge is 0.386 e. The van der Waals surface area contributed by atoms with Crippen LogP contribution in [0.5, 0.6) is 0 Å². The fourth-order valence-corrected chi connectivity index (χ4v) is 7.15. The fourth-order valence-electron chi connectivity index (χ4n) is 7.15. The molecule has 5 heterocycles. The lowest BCUT2D eigenvalue weighted by Gasteiger charge is -2.53. The van der Waals surface area contributed by atoms with Crippen molar-refractivity contribution in [3.05, 3.63) is 53.5 Å². The number of aliphatic hydroxyl groups is 1. The van der Waals surface area contributed by atoms with Gasteiger partial charge in [-0.05, 0) is 89.3 Å². The number of carbonyl (C=O) groups is 1. The second-order valence-electron chi connectivity index (χ2n) is 13.6. The molecule has 0 unspecified atom stereocenters. The third kappa shape index (κ3) is 6.63. The number of carbonyl (C=O) groups excluding carboxylic acids is 1. The van der Waals surface area contributed by atoms with Crippen molar-refractivity contribution in [2.24, 2.45) is 5.41 Å². The molecule has 1 amide bonds. The predicted octanol–water partition coefficient (Wildman–Crippen LogP) is 4.59. The normalized spacial score (nSPS) is 20.7. The fraction of sp³-hybridized carbons (Fsp3) is 0.594. The minimum Gasteiger partial charge on any atom is -0.386 e. The van der Waals surface area contributed by atoms with Gasteiger partial charge in [0, 0.05) is 62.1 Å². The van der Waals surface area contributed by atoms with Gasteiger partial charge in [-0.1, -0.05) is 6.07 Å². The van der Waals surface area contributed by atoms with E-state index in [4.69, 9.17) is 5.10 Å². The highest BCUT2D eigenvalue weighted by Gasteiger charge is 2.43. The van der Waals surface area contributed by atoms with Crippen LogP contribution in [0.4, 0.5) is 18.9 Å². The number of rotatable bonds is 7. The Morgan fingerprint density at radius 2 is 1.70 bits per heavy atom. The van der Waals surface area contributed by atoms with Gasteiger partial charge in [0.15, 0.2) is 0 Å². The molecule has 3 aliphatic rings. The summed E-state index contributed by atoms with van der Waals surface area (Å²) < 4.78 is 41.4. The van der Waals surface area contributed by atoms with E-state index in [2.05, 4.69) is 32.0 Å². The van der Waals surface area contributed by atoms with Crippen LogP contribution in [-0.2, 0) is 11.8 Å². The van der Waals surface area contributed by atoms with Crippen molar-refractivity contribution < 1.29 is 23.1 Å². The summed E-state index contributed by atoms with van der Waals surface area (Å²) in [4.78, 5) is 24.0. The number of likely N-dealkylation sites (tertiary alicyclic amines) is 3. The van der Waals surface area contributed by atoms with Gasteiger partial charge in [-0.25, -0.2) is 4.98 Å². The Morgan fingerprint density at radius 1 is 1.05 bits per heavy atom. The van der Waals surface area contributed by atoms with Crippen LogP contribution in [0.3, 0.4) is 0 Å². The largest absolute Gasteiger partial charge is 0.433 e. The molecule has 1 spiro atoms. The predicted molar refractivity (Wildman–Crippen MR) is 162 cm³/mol. The van der Waals surface area contributed by atoms with Gasteiger partial charge >= 0.3 is 6.18 Å². The van der Waals surface area contributed by atoms with Gasteiger partial charge in [-0.3, -0.25) is 9.48 Å². The zero-order chi connectivity index (χ0) is 31.3. The Bertz CT molecular complexity index is 1490. The number of hydrogen-bond donors (Lipinski definition) is 2. The molecular formula is C32H42F3N7O2. The number of nitrogens with one attached hydrogen (secondary N) is 1. The molecule has 3 fully saturated rings. The molecule has 0 saturated carbocycles. The van der Waals surface area contributed by atoms with Gasteiger partial charge in [0.1, 0.15) is 11.4 Å². The van der Waals surface area contributed by atoms with Crippen LogP contribution in [-0.4, -0.2) is 99.9 Å². The Balaban J connectivity index is 1.09. The number of hydrogen-bond acceptors (Lipinski definition) is 7. The highest BCUT2D eigenvalue weighted by Crippen LogP contribution is 2.39. The number of piperidine rings is 2. The van der Waals surface area contributed by atoms with Crippen LogP contribution in [0.1, 0.15) is 67.3 Å². The molecule has 12 heteroatoms. The van der Waals surface area contributed by atoms with Crippen LogP contribution in [0.2, 0.25) is 0 Å². The van der Waals surface area contributed by atoms with E-state index >= 15 is 0 Å². The Labute approximate surface area is 256 Å². The zero-order valence-corrected chi connectivity index (χ0v) is 25.7. The topological polar surface area (TPSA) is 89.8 Å². The molecule has 3 saturated heterocycles. The van der Waals surface area contributed by atoms with Crippen LogP contribution >= 0.6 is 0 Å². The quantitative estimate of drug-likeness (QED) is 0.403. The van der Waals surface area contributed by atoms with Gasteiger partial charge in [0.2, 0.25) is 0 Å². The lowest BCUT2D eigenvalue weighted by molar-refractivity contribution is -0.141. The van der Waals surface area contributed by atoms with Crippen LogP contribution in [0.25, 0.3) is 10.9 Å². The van der Waals surface area contributed by atoms with Gasteiger partial charge in [-0.2, -0.15) is 18.3 Å². The van der Waals surface area contributed by atoms with E-state index in [1.165, 1.54) is 45.1 Å². The minimum atomic E-state index is -4.66. The van der Waals surface area contributed by atoms with E-state index < -0.39 is 23.4 Å². The number of halogens is 3. The molecule has 0 radical (unpaired) electrons. The summed E-state index contributed by atoms with van der Waals surface area (Å²) in [7, 11) is 2.21. The lowest BCUT2D eigenvalue weighted by atomic mass is 9.72. The number of benzene rings is 1. The van der Waals surface area contributed by atoms with Gasteiger partial charge in [0.25, 0.3) is 5.91 Å². The summed E-state index contributed by atoms with van der Waals surface area (Å²) in [5, 5.41) is 19.2. The van der Waals surface area contributed by atoms with Crippen LogP contribution in [0.15, 0.2) is 36.5 Å². The van der Waals surface area contributed by atoms with Crippen LogP contribution < -0.4 is 5.32 Å². The number of fused-ring (bicyclic) bond motifs is 1. The summed E-state index contributed by atoms with van der Waals surface area (Å²) in [5.74, 6) is -0.791. The number of amides is 1. The first-order chi connectivity index (χ1) is 20.8. The number of alkyl halides is 3. The van der Waals surface area contributed by atoms with Crippen molar-refractivity contribution in [3.8, 4) is 0 Å². The van der Waals surface area contributed by atoms with E-state index in [0.717, 1.165) is 56.5 Å². The number of aromatic nitrogens is 3. The molecular weight excluding hydrogens is 571 g/mol. The van der Waals surface area contributed by atoms with E-state index in [9.17, 15) is 23.1 Å². The van der Waals surface area contributed by atoms with Crippen molar-refractivity contribution in [1.29, 1.82) is 0 Å². The van der Waals surface area contributed by atoms with Crippen molar-refractivity contribution in [2.75, 3.05) is 64.7 Å². The first-order valence-corrected chi connectivity index (χ1v) is 15.5. The maximum absolute atomic E-state index is 13.2. The van der Waals surface area contributed by atoms with Crippen LogP contribution in [0, 0.1) is 5.41 Å². The molecule has 0 aliphatic carbocycles. The molecule has 9 nitrogen and oxygen atoms in total. The third-order valence-electron chi connectivity index (χ3n) is 9.63. The second-order valence-corrected chi connectivity index (χ2v) is 13.6. The van der Waals surface area contributed by atoms with Crippen molar-refractivity contribution in [2.45, 2.75) is 57.3 Å². The summed E-state index contributed by atoms with van der Waals surface area (Å²) in [6.07, 6.45) is 1.87. The maximum atomic E-state index is 13.2. The molecule has 238 valence electrons. The molecule has 6 rings (SSSR count). The Kier molecular flexibility index (Phi) is 8.23. The highest BCUT2D eigenvalue weighted by atomic mass is 19.4. The van der Waals surface area contributed by atoms with Crippen molar-refractivity contribution in [3.63, 3.8) is 0 Å². The standard InChI is InChI=1S/C32H42F3N7O2/c1-30(2,44)24-18-26-22(17-27(24)37-29(43)25-5-4-6-28(36-25)32(33,34)35)19-42(38-26)23-7-11-40(12-8-23)15-16-41-13-9-31(10-14-41)20-39(3)21-31/h4-6,17-19,23,44H,7-16,20-21H2,1-3H3,(H,37,43). The highest BCUT2D eigenvalue weighted by molar-refractivity contribution is 6.04. The molecule has 0 atom stereocenters. The third-order valence-corrected chi connectivity index (χ3v) is 9.63. The zero-order valence-electron chi connectivity index (χ0n) is 25.7. The first kappa shape index (κ1) is 30.9. The van der Waals surface area contributed by atoms with Gasteiger partial charge in [-0.15, -0.1) is 0 Å². The first-order valence-electron chi connectivity index (χ1n) is 15.5. The van der Waals surface area contributed by atoms with Crippen molar-refractivity contribution in [1.82, 2.24) is 29.5 Å². The van der Waals surface area contributed by atoms with E-state index in [0.29, 0.717) is 22.2 Å². The summed E-state index contributed by atoms with van der Waals surface area (Å²) >= 11 is 0. The average Bonchev–Trinajstić information content (AvgIpc) is 3.38. The lowest BCUT2D eigenvalue weighted by Crippen LogP contribution is -2.59. The summed E-state index contributed by atoms with van der Waals surface area (Å²) in [6.45, 7) is 12.3. The summed E-state index contributed by atoms with van der Waals surface area (Å²) in [5.41, 5.74) is -0.862. The number of nitrogens with zero attached hydrogens (tertiary/aromatic N) is 6. The van der Waals surface area contributed by atoms with Gasteiger partial charge in [0.05, 0.1) is 17.2 Å². The van der Waals surface area contributed by atoms with Gasteiger partial charge < -0.3 is 25.1 Å². The van der Waals surface area contributed by atoms with E-state index in [1.807, 2.05) is 10.9 Å². The second kappa shape index (κ2) is 11.7. The van der Waals surface area contributed by atoms with E-state index in [-0.39, 0.29) is 11.7 Å². The molecule has 0 bridgehead atoms. The molecule has 2 aromatic heterocycles.